The highest BCUT2D eigenvalue weighted by Gasteiger charge is 2.19. The molecule has 0 aliphatic rings. The summed E-state index contributed by atoms with van der Waals surface area (Å²) in [6.45, 7) is 1.21. The van der Waals surface area contributed by atoms with Crippen LogP contribution >= 0.6 is 11.6 Å². The highest BCUT2D eigenvalue weighted by atomic mass is 35.5. The molecule has 1 amide bonds. The molecule has 100 valence electrons. The van der Waals surface area contributed by atoms with Crippen LogP contribution in [0.5, 0.6) is 0 Å². The Morgan fingerprint density at radius 2 is 2.06 bits per heavy atom. The molecule has 5 nitrogen and oxygen atoms in total. The Morgan fingerprint density at radius 1 is 1.44 bits per heavy atom. The number of nitrogens with zero attached hydrogens (tertiary/aromatic N) is 3. The molecular weight excluding hydrogens is 259 g/mol. The fourth-order valence-electron chi connectivity index (χ4n) is 1.30. The van der Waals surface area contributed by atoms with Crippen LogP contribution in [0.2, 0.25) is 5.15 Å². The lowest BCUT2D eigenvalue weighted by atomic mass is 10.2. The molecule has 0 atom stereocenters. The molecule has 0 aliphatic heterocycles. The molecule has 0 spiro atoms. The number of hydrogen-bond donors (Lipinski definition) is 1. The Morgan fingerprint density at radius 3 is 2.61 bits per heavy atom. The van der Waals surface area contributed by atoms with E-state index in [9.17, 15) is 9.18 Å². The van der Waals surface area contributed by atoms with Crippen molar-refractivity contribution in [1.82, 2.24) is 14.8 Å². The summed E-state index contributed by atoms with van der Waals surface area (Å²) in [4.78, 5) is 19.0. The summed E-state index contributed by atoms with van der Waals surface area (Å²) in [5.74, 6) is -1.24. The first-order chi connectivity index (χ1) is 8.34. The van der Waals surface area contributed by atoms with Crippen LogP contribution in [0.25, 0.3) is 0 Å². The summed E-state index contributed by atoms with van der Waals surface area (Å²) in [6.07, 6.45) is 1.19. The molecule has 0 fully saturated rings. The largest absolute Gasteiger partial charge is 0.396 e. The van der Waals surface area contributed by atoms with Gasteiger partial charge in [-0.05, 0) is 14.1 Å². The highest BCUT2D eigenvalue weighted by Crippen LogP contribution is 2.22. The van der Waals surface area contributed by atoms with Crippen LogP contribution in [0.1, 0.15) is 10.4 Å². The maximum Gasteiger partial charge on any atom is 0.257 e. The molecule has 0 unspecified atom stereocenters. The van der Waals surface area contributed by atoms with Crippen molar-refractivity contribution in [3.8, 4) is 0 Å². The number of aromatic nitrogens is 1. The quantitative estimate of drug-likeness (QED) is 0.835. The van der Waals surface area contributed by atoms with Crippen LogP contribution in [0.4, 0.5) is 10.1 Å². The topological polar surface area (TPSA) is 62.5 Å². The number of halogens is 2. The standard InChI is InChI=1S/C11H16ClFN4O/c1-16(2)4-5-17(3)11(18)7-6-15-10(12)8(13)9(7)14/h6H,4-5H2,1-3H3,(H2,14,15). The lowest BCUT2D eigenvalue weighted by Gasteiger charge is -2.20. The smallest absolute Gasteiger partial charge is 0.257 e. The third-order valence-corrected chi connectivity index (χ3v) is 2.74. The second kappa shape index (κ2) is 5.97. The van der Waals surface area contributed by atoms with Gasteiger partial charge >= 0.3 is 0 Å². The number of pyridine rings is 1. The molecule has 2 N–H and O–H groups in total. The fraction of sp³-hybridized carbons (Fsp3) is 0.455. The number of nitrogens with two attached hydrogens (primary N) is 1. The van der Waals surface area contributed by atoms with Crippen molar-refractivity contribution in [2.45, 2.75) is 0 Å². The van der Waals surface area contributed by atoms with Gasteiger partial charge in [-0.3, -0.25) is 4.79 Å². The van der Waals surface area contributed by atoms with Gasteiger partial charge in [-0.2, -0.15) is 0 Å². The second-order valence-corrected chi connectivity index (χ2v) is 4.58. The summed E-state index contributed by atoms with van der Waals surface area (Å²) < 4.78 is 13.4. The Hall–Kier alpha value is -1.40. The van der Waals surface area contributed by atoms with Crippen molar-refractivity contribution in [3.63, 3.8) is 0 Å². The zero-order valence-electron chi connectivity index (χ0n) is 10.6. The lowest BCUT2D eigenvalue weighted by molar-refractivity contribution is 0.0786. The average Bonchev–Trinajstić information content (AvgIpc) is 2.32. The Labute approximate surface area is 110 Å². The van der Waals surface area contributed by atoms with E-state index in [1.54, 1.807) is 7.05 Å². The maximum atomic E-state index is 13.4. The third kappa shape index (κ3) is 3.30. The zero-order chi connectivity index (χ0) is 13.9. The first kappa shape index (κ1) is 14.7. The number of carbonyl (C=O) groups excluding carboxylic acids is 1. The minimum Gasteiger partial charge on any atom is -0.396 e. The Bertz CT molecular complexity index is 453. The predicted molar refractivity (Wildman–Crippen MR) is 69.1 cm³/mol. The van der Waals surface area contributed by atoms with Crippen molar-refractivity contribution < 1.29 is 9.18 Å². The van der Waals surface area contributed by atoms with Crippen LogP contribution in [-0.4, -0.2) is 54.9 Å². The lowest BCUT2D eigenvalue weighted by Crippen LogP contribution is -2.34. The van der Waals surface area contributed by atoms with Gasteiger partial charge in [0, 0.05) is 26.3 Å². The van der Waals surface area contributed by atoms with E-state index in [1.165, 1.54) is 11.1 Å². The molecule has 1 rings (SSSR count). The molecule has 0 aromatic carbocycles. The minimum absolute atomic E-state index is 0.0261. The molecule has 7 heteroatoms. The first-order valence-electron chi connectivity index (χ1n) is 5.34. The molecule has 1 aromatic rings. The average molecular weight is 275 g/mol. The molecule has 1 heterocycles. The summed E-state index contributed by atoms with van der Waals surface area (Å²) in [7, 11) is 5.42. The van der Waals surface area contributed by atoms with Gasteiger partial charge in [0.25, 0.3) is 5.91 Å². The molecule has 0 saturated heterocycles. The molecule has 1 aromatic heterocycles. The molecule has 0 aliphatic carbocycles. The Balaban J connectivity index is 2.87. The van der Waals surface area contributed by atoms with Crippen molar-refractivity contribution in [3.05, 3.63) is 22.7 Å². The van der Waals surface area contributed by atoms with Gasteiger partial charge in [0.05, 0.1) is 11.3 Å². The fourth-order valence-corrected chi connectivity index (χ4v) is 1.45. The monoisotopic (exact) mass is 274 g/mol. The number of likely N-dealkylation sites (N-methyl/N-ethyl adjacent to an activating group) is 2. The van der Waals surface area contributed by atoms with Gasteiger partial charge in [-0.25, -0.2) is 9.37 Å². The van der Waals surface area contributed by atoms with Gasteiger partial charge in [-0.1, -0.05) is 11.6 Å². The number of amides is 1. The minimum atomic E-state index is -0.858. The molecule has 0 radical (unpaired) electrons. The van der Waals surface area contributed by atoms with Crippen LogP contribution < -0.4 is 5.73 Å². The van der Waals surface area contributed by atoms with Crippen LogP contribution in [-0.2, 0) is 0 Å². The van der Waals surface area contributed by atoms with E-state index in [-0.39, 0.29) is 22.3 Å². The molecule has 0 bridgehead atoms. The van der Waals surface area contributed by atoms with E-state index >= 15 is 0 Å². The molecule has 18 heavy (non-hydrogen) atoms. The number of anilines is 1. The first-order valence-corrected chi connectivity index (χ1v) is 5.72. The number of carbonyl (C=O) groups is 1. The van der Waals surface area contributed by atoms with E-state index in [2.05, 4.69) is 4.98 Å². The number of hydrogen-bond acceptors (Lipinski definition) is 4. The summed E-state index contributed by atoms with van der Waals surface area (Å²) >= 11 is 5.48. The Kier molecular flexibility index (Phi) is 4.86. The third-order valence-electron chi connectivity index (χ3n) is 2.47. The van der Waals surface area contributed by atoms with Crippen molar-refractivity contribution in [1.29, 1.82) is 0 Å². The zero-order valence-corrected chi connectivity index (χ0v) is 11.3. The van der Waals surface area contributed by atoms with Gasteiger partial charge < -0.3 is 15.5 Å². The van der Waals surface area contributed by atoms with Gasteiger partial charge in [-0.15, -0.1) is 0 Å². The van der Waals surface area contributed by atoms with Crippen LogP contribution in [0.15, 0.2) is 6.20 Å². The van der Waals surface area contributed by atoms with E-state index < -0.39 is 5.82 Å². The second-order valence-electron chi connectivity index (χ2n) is 4.22. The van der Waals surface area contributed by atoms with E-state index in [1.807, 2.05) is 19.0 Å². The van der Waals surface area contributed by atoms with Crippen molar-refractivity contribution in [2.75, 3.05) is 40.0 Å². The SMILES string of the molecule is CN(C)CCN(C)C(=O)c1cnc(Cl)c(F)c1N. The maximum absolute atomic E-state index is 13.4. The highest BCUT2D eigenvalue weighted by molar-refractivity contribution is 6.30. The predicted octanol–water partition coefficient (Wildman–Crippen LogP) is 1.09. The summed E-state index contributed by atoms with van der Waals surface area (Å²) in [6, 6.07) is 0. The van der Waals surface area contributed by atoms with Gasteiger partial charge in [0.2, 0.25) is 0 Å². The van der Waals surface area contributed by atoms with Crippen LogP contribution in [0, 0.1) is 5.82 Å². The van der Waals surface area contributed by atoms with E-state index in [0.29, 0.717) is 13.1 Å². The van der Waals surface area contributed by atoms with E-state index in [4.69, 9.17) is 17.3 Å². The molecular formula is C11H16ClFN4O. The van der Waals surface area contributed by atoms with Crippen LogP contribution in [0.3, 0.4) is 0 Å². The number of nitrogen functional groups attached to an aromatic ring is 1. The normalized spacial score (nSPS) is 10.8. The molecule has 0 saturated carbocycles. The van der Waals surface area contributed by atoms with Gasteiger partial charge in [0.1, 0.15) is 0 Å². The van der Waals surface area contributed by atoms with Crippen molar-refractivity contribution >= 4 is 23.2 Å². The van der Waals surface area contributed by atoms with Gasteiger partial charge in [0.15, 0.2) is 11.0 Å². The number of rotatable bonds is 4. The summed E-state index contributed by atoms with van der Waals surface area (Å²) in [5, 5.41) is -0.333. The summed E-state index contributed by atoms with van der Waals surface area (Å²) in [5.41, 5.74) is 5.28. The van der Waals surface area contributed by atoms with Crippen molar-refractivity contribution in [2.24, 2.45) is 0 Å². The van der Waals surface area contributed by atoms with E-state index in [0.717, 1.165) is 0 Å².